The molecule has 3 rings (SSSR count). The molecule has 2 aromatic carbocycles. The molecule has 2 nitrogen and oxygen atoms in total. The molecule has 1 heterocycles. The van der Waals surface area contributed by atoms with Gasteiger partial charge in [0, 0.05) is 9.99 Å². The molecule has 0 bridgehead atoms. The maximum atomic E-state index is 5.57. The van der Waals surface area contributed by atoms with E-state index in [1.54, 1.807) is 0 Å². The van der Waals surface area contributed by atoms with Crippen molar-refractivity contribution < 1.29 is 4.74 Å². The molecule has 1 atom stereocenters. The topological polar surface area (TPSA) is 21.3 Å². The first-order chi connectivity index (χ1) is 9.29. The van der Waals surface area contributed by atoms with E-state index in [-0.39, 0.29) is 6.04 Å². The van der Waals surface area contributed by atoms with Gasteiger partial charge in [-0.25, -0.2) is 0 Å². The highest BCUT2D eigenvalue weighted by Crippen LogP contribution is 2.31. The van der Waals surface area contributed by atoms with Crippen molar-refractivity contribution in [3.8, 4) is 5.75 Å². The Labute approximate surface area is 127 Å². The summed E-state index contributed by atoms with van der Waals surface area (Å²) < 4.78 is 6.86. The van der Waals surface area contributed by atoms with Crippen molar-refractivity contribution in [2.75, 3.05) is 13.7 Å². The molecule has 0 saturated carbocycles. The molecule has 1 aliphatic heterocycles. The van der Waals surface area contributed by atoms with Crippen molar-refractivity contribution in [3.63, 3.8) is 0 Å². The molecular weight excluding hydrogens is 349 g/mol. The van der Waals surface area contributed by atoms with E-state index in [0.717, 1.165) is 18.8 Å². The lowest BCUT2D eigenvalue weighted by molar-refractivity contribution is 0.357. The lowest BCUT2D eigenvalue weighted by Crippen LogP contribution is -2.18. The number of ether oxygens (including phenoxy) is 1. The van der Waals surface area contributed by atoms with Crippen LogP contribution in [-0.2, 0) is 6.42 Å². The van der Waals surface area contributed by atoms with E-state index in [4.69, 9.17) is 4.74 Å². The molecule has 98 valence electrons. The molecule has 0 radical (unpaired) electrons. The number of rotatable bonds is 3. The zero-order chi connectivity index (χ0) is 13.2. The Hall–Kier alpha value is -1.07. The molecular formula is C16H16INO. The zero-order valence-electron chi connectivity index (χ0n) is 10.8. The minimum Gasteiger partial charge on any atom is -0.493 e. The van der Waals surface area contributed by atoms with Crippen molar-refractivity contribution in [2.45, 2.75) is 12.5 Å². The molecule has 3 heteroatoms. The number of halogens is 1. The summed E-state index contributed by atoms with van der Waals surface area (Å²) in [5.41, 5.74) is 3.95. The molecule has 19 heavy (non-hydrogen) atoms. The average molecular weight is 365 g/mol. The van der Waals surface area contributed by atoms with Crippen LogP contribution >= 0.6 is 22.6 Å². The van der Waals surface area contributed by atoms with Gasteiger partial charge in [-0.2, -0.15) is 0 Å². The number of benzene rings is 2. The largest absolute Gasteiger partial charge is 0.493 e. The molecule has 0 aromatic heterocycles. The van der Waals surface area contributed by atoms with Crippen LogP contribution in [0.15, 0.2) is 42.5 Å². The number of hydrogen-bond acceptors (Lipinski definition) is 2. The van der Waals surface area contributed by atoms with Crippen LogP contribution in [0.1, 0.15) is 22.7 Å². The van der Waals surface area contributed by atoms with Crippen LogP contribution in [0.2, 0.25) is 0 Å². The lowest BCUT2D eigenvalue weighted by Gasteiger charge is -2.19. The van der Waals surface area contributed by atoms with Gasteiger partial charge in [0.1, 0.15) is 5.75 Å². The average Bonchev–Trinajstić information content (AvgIpc) is 2.89. The van der Waals surface area contributed by atoms with Crippen molar-refractivity contribution in [2.24, 2.45) is 0 Å². The van der Waals surface area contributed by atoms with E-state index in [1.165, 1.54) is 20.3 Å². The van der Waals surface area contributed by atoms with Crippen LogP contribution in [0.5, 0.6) is 5.75 Å². The van der Waals surface area contributed by atoms with E-state index >= 15 is 0 Å². The number of hydrogen-bond donors (Lipinski definition) is 1. The number of nitrogens with one attached hydrogen (secondary N) is 1. The quantitative estimate of drug-likeness (QED) is 0.841. The highest BCUT2D eigenvalue weighted by Gasteiger charge is 2.18. The van der Waals surface area contributed by atoms with Crippen LogP contribution in [-0.4, -0.2) is 13.7 Å². The first kappa shape index (κ1) is 12.9. The molecule has 1 unspecified atom stereocenters. The minimum atomic E-state index is 0.235. The molecule has 2 aromatic rings. The molecule has 0 fully saturated rings. The normalized spacial score (nSPS) is 14.8. The summed E-state index contributed by atoms with van der Waals surface area (Å²) in [5.74, 6) is 1.04. The van der Waals surface area contributed by atoms with Crippen LogP contribution in [0, 0.1) is 3.57 Å². The third-order valence-corrected chi connectivity index (χ3v) is 4.53. The summed E-state index contributed by atoms with van der Waals surface area (Å²) >= 11 is 2.40. The summed E-state index contributed by atoms with van der Waals surface area (Å²) in [5, 5.41) is 3.42. The van der Waals surface area contributed by atoms with Gasteiger partial charge < -0.3 is 10.1 Å². The SMILES string of the molecule is CNC(c1ccc2c(c1)CCO2)c1ccccc1I. The highest BCUT2D eigenvalue weighted by atomic mass is 127. The third kappa shape index (κ3) is 2.49. The second kappa shape index (κ2) is 5.51. The van der Waals surface area contributed by atoms with Crippen molar-refractivity contribution in [1.82, 2.24) is 5.32 Å². The fourth-order valence-electron chi connectivity index (χ4n) is 2.60. The summed E-state index contributed by atoms with van der Waals surface area (Å²) in [7, 11) is 2.01. The Kier molecular flexibility index (Phi) is 3.75. The van der Waals surface area contributed by atoms with Crippen LogP contribution in [0.4, 0.5) is 0 Å². The van der Waals surface area contributed by atoms with Crippen molar-refractivity contribution >= 4 is 22.6 Å². The molecule has 0 spiro atoms. The second-order valence-electron chi connectivity index (χ2n) is 4.71. The van der Waals surface area contributed by atoms with Gasteiger partial charge in [-0.05, 0) is 58.5 Å². The Morgan fingerprint density at radius 1 is 1.21 bits per heavy atom. The highest BCUT2D eigenvalue weighted by molar-refractivity contribution is 14.1. The van der Waals surface area contributed by atoms with Gasteiger partial charge in [0.15, 0.2) is 0 Å². The molecule has 1 aliphatic rings. The second-order valence-corrected chi connectivity index (χ2v) is 5.87. The fourth-order valence-corrected chi connectivity index (χ4v) is 3.30. The van der Waals surface area contributed by atoms with E-state index in [1.807, 2.05) is 7.05 Å². The molecule has 0 amide bonds. The van der Waals surface area contributed by atoms with Gasteiger partial charge in [0.05, 0.1) is 12.6 Å². The zero-order valence-corrected chi connectivity index (χ0v) is 13.0. The summed E-state index contributed by atoms with van der Waals surface area (Å²) in [4.78, 5) is 0. The van der Waals surface area contributed by atoms with Gasteiger partial charge in [0.25, 0.3) is 0 Å². The Morgan fingerprint density at radius 3 is 2.84 bits per heavy atom. The maximum absolute atomic E-state index is 5.57. The predicted octanol–water partition coefficient (Wildman–Crippen LogP) is 3.53. The van der Waals surface area contributed by atoms with E-state index < -0.39 is 0 Å². The lowest BCUT2D eigenvalue weighted by atomic mass is 9.96. The van der Waals surface area contributed by atoms with Crippen molar-refractivity contribution in [1.29, 1.82) is 0 Å². The maximum Gasteiger partial charge on any atom is 0.122 e. The van der Waals surface area contributed by atoms with Gasteiger partial charge in [-0.1, -0.05) is 30.3 Å². The minimum absolute atomic E-state index is 0.235. The molecule has 1 N–H and O–H groups in total. The van der Waals surface area contributed by atoms with Crippen LogP contribution < -0.4 is 10.1 Å². The predicted molar refractivity (Wildman–Crippen MR) is 85.7 cm³/mol. The van der Waals surface area contributed by atoms with Gasteiger partial charge in [-0.3, -0.25) is 0 Å². The first-order valence-electron chi connectivity index (χ1n) is 6.47. The van der Waals surface area contributed by atoms with Gasteiger partial charge >= 0.3 is 0 Å². The Morgan fingerprint density at radius 2 is 2.05 bits per heavy atom. The van der Waals surface area contributed by atoms with Crippen molar-refractivity contribution in [3.05, 3.63) is 62.7 Å². The Bertz CT molecular complexity index is 597. The van der Waals surface area contributed by atoms with Crippen LogP contribution in [0.3, 0.4) is 0 Å². The summed E-state index contributed by atoms with van der Waals surface area (Å²) in [6.07, 6.45) is 1.02. The van der Waals surface area contributed by atoms with E-state index in [9.17, 15) is 0 Å². The fraction of sp³-hybridized carbons (Fsp3) is 0.250. The first-order valence-corrected chi connectivity index (χ1v) is 7.55. The summed E-state index contributed by atoms with van der Waals surface area (Å²) in [6, 6.07) is 15.3. The molecule has 0 aliphatic carbocycles. The smallest absolute Gasteiger partial charge is 0.122 e. The van der Waals surface area contributed by atoms with Crippen LogP contribution in [0.25, 0.3) is 0 Å². The molecule has 0 saturated heterocycles. The van der Waals surface area contributed by atoms with Gasteiger partial charge in [-0.15, -0.1) is 0 Å². The standard InChI is InChI=1S/C16H16INO/c1-18-16(13-4-2-3-5-14(13)17)12-6-7-15-11(10-12)8-9-19-15/h2-7,10,16,18H,8-9H2,1H3. The summed E-state index contributed by atoms with van der Waals surface area (Å²) in [6.45, 7) is 0.811. The van der Waals surface area contributed by atoms with Gasteiger partial charge in [0.2, 0.25) is 0 Å². The van der Waals surface area contributed by atoms with E-state index in [0.29, 0.717) is 0 Å². The van der Waals surface area contributed by atoms with E-state index in [2.05, 4.69) is 70.4 Å². The third-order valence-electron chi connectivity index (χ3n) is 3.55. The number of fused-ring (bicyclic) bond motifs is 1. The monoisotopic (exact) mass is 365 g/mol. The Balaban J connectivity index is 2.01.